The Bertz CT molecular complexity index is 959. The Labute approximate surface area is 174 Å². The lowest BCUT2D eigenvalue weighted by molar-refractivity contribution is -0.154. The molecule has 2 aromatic carbocycles. The van der Waals surface area contributed by atoms with E-state index in [1.807, 2.05) is 36.4 Å². The van der Waals surface area contributed by atoms with Crippen LogP contribution in [0.3, 0.4) is 0 Å². The van der Waals surface area contributed by atoms with E-state index in [1.165, 1.54) is 11.8 Å². The molecule has 4 rings (SSSR count). The van der Waals surface area contributed by atoms with E-state index in [2.05, 4.69) is 17.4 Å². The fraction of sp³-hybridized carbons (Fsp3) is 0.348. The molecule has 2 N–H and O–H groups in total. The number of amides is 2. The summed E-state index contributed by atoms with van der Waals surface area (Å²) in [5.74, 6) is -1.52. The van der Waals surface area contributed by atoms with E-state index in [4.69, 9.17) is 4.74 Å². The van der Waals surface area contributed by atoms with Crippen LogP contribution in [-0.4, -0.2) is 53.2 Å². The molecule has 0 radical (unpaired) electrons. The van der Waals surface area contributed by atoms with E-state index in [-0.39, 0.29) is 19.1 Å². The van der Waals surface area contributed by atoms with Gasteiger partial charge in [-0.2, -0.15) is 0 Å². The molecule has 7 heteroatoms. The smallest absolute Gasteiger partial charge is 0.407 e. The predicted octanol–water partition coefficient (Wildman–Crippen LogP) is 2.99. The molecule has 0 spiro atoms. The lowest BCUT2D eigenvalue weighted by Gasteiger charge is -2.31. The first-order valence-electron chi connectivity index (χ1n) is 10.0. The van der Waals surface area contributed by atoms with Crippen molar-refractivity contribution in [1.82, 2.24) is 10.2 Å². The van der Waals surface area contributed by atoms with Crippen molar-refractivity contribution in [1.29, 1.82) is 0 Å². The average Bonchev–Trinajstić information content (AvgIpc) is 3.30. The van der Waals surface area contributed by atoms with Gasteiger partial charge in [0.05, 0.1) is 0 Å². The summed E-state index contributed by atoms with van der Waals surface area (Å²) in [7, 11) is 0. The summed E-state index contributed by atoms with van der Waals surface area (Å²) in [6.07, 6.45) is 0.333. The SMILES string of the molecule is CC1(C(=O)O)CCCN1C(=O)CNC(=O)OCC1c2ccccc2-c2ccccc21. The van der Waals surface area contributed by atoms with E-state index < -0.39 is 23.5 Å². The number of carbonyl (C=O) groups is 3. The lowest BCUT2D eigenvalue weighted by Crippen LogP contribution is -2.53. The lowest BCUT2D eigenvalue weighted by atomic mass is 9.98. The third-order valence-corrected chi connectivity index (χ3v) is 6.13. The van der Waals surface area contributed by atoms with Gasteiger partial charge in [-0.25, -0.2) is 9.59 Å². The van der Waals surface area contributed by atoms with Gasteiger partial charge in [0.25, 0.3) is 0 Å². The second-order valence-electron chi connectivity index (χ2n) is 7.91. The number of nitrogens with zero attached hydrogens (tertiary/aromatic N) is 1. The number of carboxylic acids is 1. The molecule has 0 aromatic heterocycles. The Morgan fingerprint density at radius 3 is 2.30 bits per heavy atom. The van der Waals surface area contributed by atoms with Crippen LogP contribution < -0.4 is 5.32 Å². The quantitative estimate of drug-likeness (QED) is 0.793. The summed E-state index contributed by atoms with van der Waals surface area (Å²) in [5.41, 5.74) is 3.27. The number of benzene rings is 2. The van der Waals surface area contributed by atoms with Gasteiger partial charge in [-0.05, 0) is 42.0 Å². The number of rotatable bonds is 5. The largest absolute Gasteiger partial charge is 0.480 e. The summed E-state index contributed by atoms with van der Waals surface area (Å²) < 4.78 is 5.42. The van der Waals surface area contributed by atoms with Crippen molar-refractivity contribution in [2.24, 2.45) is 0 Å². The number of carboxylic acid groups (broad SMARTS) is 1. The zero-order valence-corrected chi connectivity index (χ0v) is 16.8. The van der Waals surface area contributed by atoms with Crippen molar-refractivity contribution in [3.63, 3.8) is 0 Å². The minimum absolute atomic E-state index is 0.0623. The highest BCUT2D eigenvalue weighted by Crippen LogP contribution is 2.44. The molecule has 1 atom stereocenters. The highest BCUT2D eigenvalue weighted by atomic mass is 16.5. The number of nitrogens with one attached hydrogen (secondary N) is 1. The predicted molar refractivity (Wildman–Crippen MR) is 110 cm³/mol. The topological polar surface area (TPSA) is 95.9 Å². The van der Waals surface area contributed by atoms with Crippen molar-refractivity contribution >= 4 is 18.0 Å². The Hall–Kier alpha value is -3.35. The number of hydrogen-bond acceptors (Lipinski definition) is 4. The van der Waals surface area contributed by atoms with Crippen molar-refractivity contribution in [3.8, 4) is 11.1 Å². The normalized spacial score (nSPS) is 19.8. The molecular weight excluding hydrogens is 384 g/mol. The van der Waals surface area contributed by atoms with Gasteiger partial charge in [-0.1, -0.05) is 48.5 Å². The van der Waals surface area contributed by atoms with E-state index >= 15 is 0 Å². The molecule has 0 saturated carbocycles. The fourth-order valence-corrected chi connectivity index (χ4v) is 4.48. The molecule has 30 heavy (non-hydrogen) atoms. The summed E-state index contributed by atoms with van der Waals surface area (Å²) in [6, 6.07) is 16.1. The van der Waals surface area contributed by atoms with Crippen molar-refractivity contribution in [2.75, 3.05) is 19.7 Å². The zero-order chi connectivity index (χ0) is 21.3. The molecule has 1 fully saturated rings. The molecule has 1 aliphatic heterocycles. The zero-order valence-electron chi connectivity index (χ0n) is 16.8. The second kappa shape index (κ2) is 7.82. The molecule has 1 heterocycles. The number of ether oxygens (including phenoxy) is 1. The van der Waals surface area contributed by atoms with E-state index in [9.17, 15) is 19.5 Å². The summed E-state index contributed by atoms with van der Waals surface area (Å²) in [6.45, 7) is 1.77. The maximum absolute atomic E-state index is 12.4. The van der Waals surface area contributed by atoms with Crippen LogP contribution in [0.1, 0.15) is 36.8 Å². The maximum Gasteiger partial charge on any atom is 0.407 e. The van der Waals surface area contributed by atoms with Gasteiger partial charge in [-0.15, -0.1) is 0 Å². The fourth-order valence-electron chi connectivity index (χ4n) is 4.48. The first-order chi connectivity index (χ1) is 14.4. The molecule has 156 valence electrons. The summed E-state index contributed by atoms with van der Waals surface area (Å²) in [5, 5.41) is 11.9. The minimum atomic E-state index is -1.22. The Morgan fingerprint density at radius 1 is 1.10 bits per heavy atom. The van der Waals surface area contributed by atoms with E-state index in [0.29, 0.717) is 19.4 Å². The first kappa shape index (κ1) is 19.9. The Kier molecular flexibility index (Phi) is 5.20. The number of aliphatic carboxylic acids is 1. The molecule has 1 aliphatic carbocycles. The Balaban J connectivity index is 1.36. The highest BCUT2D eigenvalue weighted by Gasteiger charge is 2.45. The molecule has 1 unspecified atom stereocenters. The van der Waals surface area contributed by atoms with Gasteiger partial charge >= 0.3 is 12.1 Å². The molecule has 1 saturated heterocycles. The van der Waals surface area contributed by atoms with Crippen LogP contribution in [0.4, 0.5) is 4.79 Å². The monoisotopic (exact) mass is 408 g/mol. The molecule has 2 amide bonds. The molecule has 2 aromatic rings. The van der Waals surface area contributed by atoms with Crippen LogP contribution in [0.25, 0.3) is 11.1 Å². The summed E-state index contributed by atoms with van der Waals surface area (Å²) in [4.78, 5) is 37.5. The van der Waals surface area contributed by atoms with Gasteiger partial charge in [-0.3, -0.25) is 4.79 Å². The molecular formula is C23H24N2O5. The number of fused-ring (bicyclic) bond motifs is 3. The van der Waals surface area contributed by atoms with Crippen molar-refractivity contribution in [3.05, 3.63) is 59.7 Å². The van der Waals surface area contributed by atoms with Gasteiger partial charge in [0.15, 0.2) is 0 Å². The third kappa shape index (κ3) is 3.40. The minimum Gasteiger partial charge on any atom is -0.480 e. The first-order valence-corrected chi connectivity index (χ1v) is 10.0. The number of hydrogen-bond donors (Lipinski definition) is 2. The highest BCUT2D eigenvalue weighted by molar-refractivity contribution is 5.89. The number of likely N-dealkylation sites (tertiary alicyclic amines) is 1. The number of alkyl carbamates (subject to hydrolysis) is 1. The van der Waals surface area contributed by atoms with Crippen LogP contribution in [0.2, 0.25) is 0 Å². The average molecular weight is 408 g/mol. The standard InChI is InChI=1S/C23H24N2O5/c1-23(21(27)28)11-6-12-25(23)20(26)13-24-22(29)30-14-19-17-9-4-2-7-15(17)16-8-3-5-10-18(16)19/h2-5,7-10,19H,6,11-14H2,1H3,(H,24,29)(H,27,28). The van der Waals surface area contributed by atoms with Crippen LogP contribution in [0, 0.1) is 0 Å². The van der Waals surface area contributed by atoms with Crippen LogP contribution in [0.5, 0.6) is 0 Å². The van der Waals surface area contributed by atoms with Crippen molar-refractivity contribution < 1.29 is 24.2 Å². The Morgan fingerprint density at radius 2 is 1.70 bits per heavy atom. The van der Waals surface area contributed by atoms with Crippen LogP contribution in [-0.2, 0) is 14.3 Å². The maximum atomic E-state index is 12.4. The molecule has 0 bridgehead atoms. The van der Waals surface area contributed by atoms with Gasteiger partial charge < -0.3 is 20.1 Å². The number of carbonyl (C=O) groups excluding carboxylic acids is 2. The second-order valence-corrected chi connectivity index (χ2v) is 7.91. The van der Waals surface area contributed by atoms with Crippen molar-refractivity contribution in [2.45, 2.75) is 31.2 Å². The van der Waals surface area contributed by atoms with E-state index in [0.717, 1.165) is 22.3 Å². The van der Waals surface area contributed by atoms with E-state index in [1.54, 1.807) is 0 Å². The van der Waals surface area contributed by atoms with Gasteiger partial charge in [0, 0.05) is 12.5 Å². The van der Waals surface area contributed by atoms with Gasteiger partial charge in [0.2, 0.25) is 5.91 Å². The molecule has 7 nitrogen and oxygen atoms in total. The van der Waals surface area contributed by atoms with Crippen LogP contribution in [0.15, 0.2) is 48.5 Å². The summed E-state index contributed by atoms with van der Waals surface area (Å²) >= 11 is 0. The third-order valence-electron chi connectivity index (χ3n) is 6.13. The van der Waals surface area contributed by atoms with Gasteiger partial charge in [0.1, 0.15) is 18.7 Å². The van der Waals surface area contributed by atoms with Crippen LogP contribution >= 0.6 is 0 Å². The molecule has 2 aliphatic rings.